The maximum absolute atomic E-state index is 3.69. The van der Waals surface area contributed by atoms with Gasteiger partial charge in [0.2, 0.25) is 0 Å². The summed E-state index contributed by atoms with van der Waals surface area (Å²) in [6.07, 6.45) is 7.02. The largest absolute Gasteiger partial charge is 0.311 e. The van der Waals surface area contributed by atoms with Crippen LogP contribution in [0.3, 0.4) is 0 Å². The molecule has 1 aliphatic carbocycles. The Morgan fingerprint density at radius 1 is 1.27 bits per heavy atom. The van der Waals surface area contributed by atoms with Gasteiger partial charge < -0.3 is 5.32 Å². The molecule has 1 heterocycles. The van der Waals surface area contributed by atoms with Crippen LogP contribution in [-0.4, -0.2) is 35.6 Å². The third kappa shape index (κ3) is 2.54. The fourth-order valence-corrected chi connectivity index (χ4v) is 3.08. The molecule has 2 fully saturated rings. The van der Waals surface area contributed by atoms with Crippen molar-refractivity contribution in [3.8, 4) is 0 Å². The number of nitrogens with one attached hydrogen (secondary N) is 1. The topological polar surface area (TPSA) is 15.3 Å². The Morgan fingerprint density at radius 3 is 2.53 bits per heavy atom. The van der Waals surface area contributed by atoms with Gasteiger partial charge in [0.25, 0.3) is 0 Å². The second-order valence-electron chi connectivity index (χ2n) is 5.96. The highest BCUT2D eigenvalue weighted by atomic mass is 15.2. The summed E-state index contributed by atoms with van der Waals surface area (Å²) in [5.74, 6) is 0. The molecule has 0 radical (unpaired) electrons. The zero-order chi connectivity index (χ0) is 10.9. The lowest BCUT2D eigenvalue weighted by Gasteiger charge is -2.51. The van der Waals surface area contributed by atoms with Crippen LogP contribution in [0.4, 0.5) is 0 Å². The molecule has 2 heteroatoms. The van der Waals surface area contributed by atoms with Crippen LogP contribution in [0.25, 0.3) is 0 Å². The van der Waals surface area contributed by atoms with E-state index in [4.69, 9.17) is 0 Å². The van der Waals surface area contributed by atoms with Crippen LogP contribution in [0, 0.1) is 0 Å². The quantitative estimate of drug-likeness (QED) is 0.769. The molecule has 1 unspecified atom stereocenters. The van der Waals surface area contributed by atoms with Gasteiger partial charge in [0.15, 0.2) is 0 Å². The summed E-state index contributed by atoms with van der Waals surface area (Å²) in [7, 11) is 0. The van der Waals surface area contributed by atoms with Gasteiger partial charge in [-0.15, -0.1) is 0 Å². The molecule has 1 N–H and O–H groups in total. The van der Waals surface area contributed by atoms with Gasteiger partial charge in [-0.25, -0.2) is 0 Å². The molecule has 15 heavy (non-hydrogen) atoms. The Balaban J connectivity index is 1.86. The summed E-state index contributed by atoms with van der Waals surface area (Å²) in [4.78, 5) is 2.74. The summed E-state index contributed by atoms with van der Waals surface area (Å²) >= 11 is 0. The molecule has 1 atom stereocenters. The molecular formula is C13H26N2. The number of rotatable bonds is 3. The summed E-state index contributed by atoms with van der Waals surface area (Å²) in [6, 6.07) is 1.36. The van der Waals surface area contributed by atoms with Crippen molar-refractivity contribution in [3.05, 3.63) is 0 Å². The van der Waals surface area contributed by atoms with Gasteiger partial charge in [-0.05, 0) is 45.6 Å². The highest BCUT2D eigenvalue weighted by Crippen LogP contribution is 2.38. The van der Waals surface area contributed by atoms with Gasteiger partial charge in [0.1, 0.15) is 0 Å². The van der Waals surface area contributed by atoms with E-state index in [0.29, 0.717) is 11.6 Å². The molecule has 88 valence electrons. The van der Waals surface area contributed by atoms with Crippen molar-refractivity contribution < 1.29 is 0 Å². The smallest absolute Gasteiger partial charge is 0.0198 e. The van der Waals surface area contributed by atoms with Crippen LogP contribution in [0.15, 0.2) is 0 Å². The first-order valence-corrected chi connectivity index (χ1v) is 6.61. The first-order valence-electron chi connectivity index (χ1n) is 6.61. The van der Waals surface area contributed by atoms with Gasteiger partial charge in [-0.3, -0.25) is 4.90 Å². The molecule has 1 aliphatic heterocycles. The van der Waals surface area contributed by atoms with Gasteiger partial charge in [-0.2, -0.15) is 0 Å². The highest BCUT2D eigenvalue weighted by molar-refractivity contribution is 4.97. The molecule has 0 amide bonds. The maximum atomic E-state index is 3.69. The van der Waals surface area contributed by atoms with E-state index >= 15 is 0 Å². The average molecular weight is 210 g/mol. The van der Waals surface area contributed by atoms with E-state index in [2.05, 4.69) is 31.0 Å². The summed E-state index contributed by atoms with van der Waals surface area (Å²) in [5.41, 5.74) is 0.553. The second-order valence-corrected chi connectivity index (χ2v) is 5.96. The molecule has 2 nitrogen and oxygen atoms in total. The third-order valence-corrected chi connectivity index (χ3v) is 4.18. The maximum Gasteiger partial charge on any atom is 0.0198 e. The zero-order valence-corrected chi connectivity index (χ0v) is 10.6. The summed E-state index contributed by atoms with van der Waals surface area (Å²) < 4.78 is 0. The average Bonchev–Trinajstić information content (AvgIpc) is 2.13. The molecule has 0 aromatic carbocycles. The molecule has 2 aliphatic rings. The van der Waals surface area contributed by atoms with E-state index < -0.39 is 0 Å². The minimum absolute atomic E-state index is 0.553. The number of hydrogen-bond acceptors (Lipinski definition) is 2. The van der Waals surface area contributed by atoms with Crippen molar-refractivity contribution in [3.63, 3.8) is 0 Å². The van der Waals surface area contributed by atoms with Crippen molar-refractivity contribution in [2.75, 3.05) is 13.1 Å². The van der Waals surface area contributed by atoms with Crippen molar-refractivity contribution in [1.29, 1.82) is 0 Å². The molecule has 2 rings (SSSR count). The second kappa shape index (κ2) is 4.42. The monoisotopic (exact) mass is 210 g/mol. The van der Waals surface area contributed by atoms with Crippen LogP contribution >= 0.6 is 0 Å². The van der Waals surface area contributed by atoms with Crippen molar-refractivity contribution in [2.45, 2.75) is 70.5 Å². The van der Waals surface area contributed by atoms with Crippen LogP contribution in [-0.2, 0) is 0 Å². The lowest BCUT2D eigenvalue weighted by atomic mass is 9.76. The Bertz CT molecular complexity index is 209. The highest BCUT2D eigenvalue weighted by Gasteiger charge is 2.39. The van der Waals surface area contributed by atoms with Crippen molar-refractivity contribution in [2.24, 2.45) is 0 Å². The lowest BCUT2D eigenvalue weighted by Crippen LogP contribution is -2.58. The number of hydrogen-bond donors (Lipinski definition) is 1. The zero-order valence-electron chi connectivity index (χ0n) is 10.6. The molecule has 1 saturated heterocycles. The molecule has 0 aromatic rings. The van der Waals surface area contributed by atoms with Crippen LogP contribution in [0.2, 0.25) is 0 Å². The SMILES string of the molecule is CC(C)NC1CCCN(C2(C)CCC2)C1. The Labute approximate surface area is 94.4 Å². The number of nitrogens with zero attached hydrogens (tertiary/aromatic N) is 1. The molecule has 1 saturated carbocycles. The van der Waals surface area contributed by atoms with Gasteiger partial charge in [0, 0.05) is 24.2 Å². The molecular weight excluding hydrogens is 184 g/mol. The van der Waals surface area contributed by atoms with E-state index in [-0.39, 0.29) is 0 Å². The summed E-state index contributed by atoms with van der Waals surface area (Å²) in [5, 5.41) is 3.69. The van der Waals surface area contributed by atoms with E-state index in [1.54, 1.807) is 0 Å². The molecule has 0 aromatic heterocycles. The third-order valence-electron chi connectivity index (χ3n) is 4.18. The summed E-state index contributed by atoms with van der Waals surface area (Å²) in [6.45, 7) is 9.56. The molecule has 0 bridgehead atoms. The number of piperidine rings is 1. The Hall–Kier alpha value is -0.0800. The predicted molar refractivity (Wildman–Crippen MR) is 65.1 cm³/mol. The van der Waals surface area contributed by atoms with Crippen molar-refractivity contribution in [1.82, 2.24) is 10.2 Å². The lowest BCUT2D eigenvalue weighted by molar-refractivity contribution is 0.00624. The van der Waals surface area contributed by atoms with Crippen LogP contribution < -0.4 is 5.32 Å². The normalized spacial score (nSPS) is 31.6. The van der Waals surface area contributed by atoms with Crippen molar-refractivity contribution >= 4 is 0 Å². The first kappa shape index (κ1) is 11.4. The van der Waals surface area contributed by atoms with Gasteiger partial charge in [0.05, 0.1) is 0 Å². The van der Waals surface area contributed by atoms with E-state index in [9.17, 15) is 0 Å². The fourth-order valence-electron chi connectivity index (χ4n) is 3.08. The van der Waals surface area contributed by atoms with Gasteiger partial charge in [-0.1, -0.05) is 13.8 Å². The minimum Gasteiger partial charge on any atom is -0.311 e. The minimum atomic E-state index is 0.553. The Morgan fingerprint density at radius 2 is 2.00 bits per heavy atom. The standard InChI is InChI=1S/C13H26N2/c1-11(2)14-12-6-4-9-15(10-12)13(3)7-5-8-13/h11-12,14H,4-10H2,1-3H3. The fraction of sp³-hybridized carbons (Fsp3) is 1.00. The Kier molecular flexibility index (Phi) is 3.36. The molecule has 0 spiro atoms. The van der Waals surface area contributed by atoms with E-state index in [1.807, 2.05) is 0 Å². The van der Waals surface area contributed by atoms with E-state index in [0.717, 1.165) is 6.04 Å². The number of likely N-dealkylation sites (tertiary alicyclic amines) is 1. The first-order chi connectivity index (χ1) is 7.10. The van der Waals surface area contributed by atoms with Gasteiger partial charge >= 0.3 is 0 Å². The van der Waals surface area contributed by atoms with E-state index in [1.165, 1.54) is 45.2 Å². The van der Waals surface area contributed by atoms with Crippen LogP contribution in [0.1, 0.15) is 52.9 Å². The predicted octanol–water partition coefficient (Wildman–Crippen LogP) is 2.39. The van der Waals surface area contributed by atoms with Crippen LogP contribution in [0.5, 0.6) is 0 Å².